The average Bonchev–Trinajstić information content (AvgIpc) is 3.22. The van der Waals surface area contributed by atoms with Crippen molar-refractivity contribution in [1.82, 2.24) is 5.32 Å². The fraction of sp³-hybridized carbons (Fsp3) is 0.467. The molecule has 0 aliphatic heterocycles. The van der Waals surface area contributed by atoms with Crippen LogP contribution in [0.1, 0.15) is 41.3 Å². The van der Waals surface area contributed by atoms with E-state index in [9.17, 15) is 9.59 Å². The van der Waals surface area contributed by atoms with E-state index < -0.39 is 5.41 Å². The van der Waals surface area contributed by atoms with Crippen molar-refractivity contribution in [3.63, 3.8) is 0 Å². The highest BCUT2D eigenvalue weighted by Gasteiger charge is 2.52. The Kier molecular flexibility index (Phi) is 4.18. The largest absolute Gasteiger partial charge is 0.465 e. The van der Waals surface area contributed by atoms with Gasteiger partial charge in [0.15, 0.2) is 0 Å². The van der Waals surface area contributed by atoms with Crippen LogP contribution in [0.2, 0.25) is 0 Å². The Morgan fingerprint density at radius 2 is 2.05 bits per heavy atom. The van der Waals surface area contributed by atoms with Crippen LogP contribution in [-0.2, 0) is 14.9 Å². The lowest BCUT2D eigenvalue weighted by atomic mass is 9.88. The molecule has 20 heavy (non-hydrogen) atoms. The van der Waals surface area contributed by atoms with Crippen molar-refractivity contribution in [3.05, 3.63) is 33.3 Å². The van der Waals surface area contributed by atoms with Crippen LogP contribution in [0.4, 0.5) is 0 Å². The summed E-state index contributed by atoms with van der Waals surface area (Å²) >= 11 is 3.41. The molecule has 0 heterocycles. The lowest BCUT2D eigenvalue weighted by Gasteiger charge is -2.19. The summed E-state index contributed by atoms with van der Waals surface area (Å²) in [6.45, 7) is 4.38. The number of rotatable bonds is 4. The molecule has 0 unspecified atom stereocenters. The minimum atomic E-state index is -0.480. The van der Waals surface area contributed by atoms with E-state index in [-0.39, 0.29) is 11.9 Å². The van der Waals surface area contributed by atoms with Gasteiger partial charge in [-0.05, 0) is 49.9 Å². The Bertz CT molecular complexity index is 564. The maximum atomic E-state index is 12.3. The van der Waals surface area contributed by atoms with Gasteiger partial charge in [0.1, 0.15) is 0 Å². The summed E-state index contributed by atoms with van der Waals surface area (Å²) in [5, 5.41) is 2.89. The number of carbonyl (C=O) groups excluding carboxylic acids is 2. The van der Waals surface area contributed by atoms with Crippen molar-refractivity contribution in [1.29, 1.82) is 0 Å². The molecule has 1 aliphatic rings. The molecule has 1 saturated carbocycles. The molecule has 4 nitrogen and oxygen atoms in total. The Balaban J connectivity index is 2.50. The van der Waals surface area contributed by atoms with Crippen molar-refractivity contribution >= 4 is 27.8 Å². The van der Waals surface area contributed by atoms with Crippen molar-refractivity contribution in [2.24, 2.45) is 0 Å². The SMILES string of the molecule is CCNC(=O)C1(c2cc(Br)cc(C(=O)OC)c2C)CC1. The van der Waals surface area contributed by atoms with Gasteiger partial charge in [-0.2, -0.15) is 0 Å². The van der Waals surface area contributed by atoms with Crippen molar-refractivity contribution in [3.8, 4) is 0 Å². The standard InChI is InChI=1S/C15H18BrNO3/c1-4-17-14(19)15(5-6-15)12-8-10(16)7-11(9(12)2)13(18)20-3/h7-8H,4-6H2,1-3H3,(H,17,19). The number of methoxy groups -OCH3 is 1. The summed E-state index contributed by atoms with van der Waals surface area (Å²) in [5.41, 5.74) is 1.77. The summed E-state index contributed by atoms with van der Waals surface area (Å²) in [4.78, 5) is 24.1. The van der Waals surface area contributed by atoms with Gasteiger partial charge in [-0.25, -0.2) is 4.79 Å². The molecule has 1 aromatic carbocycles. The molecule has 2 rings (SSSR count). The van der Waals surface area contributed by atoms with E-state index >= 15 is 0 Å². The Hall–Kier alpha value is -1.36. The third-order valence-corrected chi connectivity index (χ3v) is 4.27. The van der Waals surface area contributed by atoms with Crippen LogP contribution in [0, 0.1) is 6.92 Å². The summed E-state index contributed by atoms with van der Waals surface area (Å²) in [7, 11) is 1.36. The molecule has 0 aromatic heterocycles. The van der Waals surface area contributed by atoms with Crippen LogP contribution >= 0.6 is 15.9 Å². The Morgan fingerprint density at radius 1 is 1.40 bits per heavy atom. The summed E-state index contributed by atoms with van der Waals surface area (Å²) in [6.07, 6.45) is 1.63. The van der Waals surface area contributed by atoms with Gasteiger partial charge in [0.2, 0.25) is 5.91 Å². The van der Waals surface area contributed by atoms with Crippen LogP contribution < -0.4 is 5.32 Å². The molecule has 0 radical (unpaired) electrons. The molecule has 0 bridgehead atoms. The first-order valence-electron chi connectivity index (χ1n) is 6.63. The summed E-state index contributed by atoms with van der Waals surface area (Å²) < 4.78 is 5.59. The molecule has 1 aliphatic carbocycles. The monoisotopic (exact) mass is 339 g/mol. The number of benzene rings is 1. The smallest absolute Gasteiger partial charge is 0.338 e. The first-order chi connectivity index (χ1) is 9.46. The zero-order valence-electron chi connectivity index (χ0n) is 11.9. The van der Waals surface area contributed by atoms with Crippen molar-refractivity contribution < 1.29 is 14.3 Å². The van der Waals surface area contributed by atoms with E-state index in [1.165, 1.54) is 7.11 Å². The number of halogens is 1. The van der Waals surface area contributed by atoms with E-state index in [0.29, 0.717) is 12.1 Å². The molecule has 0 spiro atoms. The fourth-order valence-electron chi connectivity index (χ4n) is 2.57. The average molecular weight is 340 g/mol. The van der Waals surface area contributed by atoms with E-state index in [1.54, 1.807) is 6.07 Å². The van der Waals surface area contributed by atoms with Gasteiger partial charge in [-0.3, -0.25) is 4.79 Å². The lowest BCUT2D eigenvalue weighted by Crippen LogP contribution is -2.35. The van der Waals surface area contributed by atoms with Gasteiger partial charge < -0.3 is 10.1 Å². The highest BCUT2D eigenvalue weighted by molar-refractivity contribution is 9.10. The molecule has 5 heteroatoms. The van der Waals surface area contributed by atoms with Gasteiger partial charge in [-0.1, -0.05) is 15.9 Å². The van der Waals surface area contributed by atoms with Gasteiger partial charge in [0.25, 0.3) is 0 Å². The van der Waals surface area contributed by atoms with E-state index in [0.717, 1.165) is 28.4 Å². The molecule has 0 saturated heterocycles. The normalized spacial score (nSPS) is 15.6. The topological polar surface area (TPSA) is 55.4 Å². The molecule has 108 valence electrons. The Morgan fingerprint density at radius 3 is 2.55 bits per heavy atom. The number of carbonyl (C=O) groups is 2. The molecule has 1 aromatic rings. The van der Waals surface area contributed by atoms with Crippen molar-refractivity contribution in [2.45, 2.75) is 32.1 Å². The first-order valence-corrected chi connectivity index (χ1v) is 7.43. The predicted molar refractivity (Wildman–Crippen MR) is 79.8 cm³/mol. The second-order valence-electron chi connectivity index (χ2n) is 5.06. The van der Waals surface area contributed by atoms with Crippen LogP contribution in [0.5, 0.6) is 0 Å². The maximum absolute atomic E-state index is 12.3. The van der Waals surface area contributed by atoms with E-state index in [4.69, 9.17) is 4.74 Å². The fourth-order valence-corrected chi connectivity index (χ4v) is 3.03. The predicted octanol–water partition coefficient (Wildman–Crippen LogP) is 2.71. The lowest BCUT2D eigenvalue weighted by molar-refractivity contribution is -0.123. The van der Waals surface area contributed by atoms with Crippen LogP contribution in [0.25, 0.3) is 0 Å². The minimum absolute atomic E-state index is 0.0389. The van der Waals surface area contributed by atoms with Gasteiger partial charge in [-0.15, -0.1) is 0 Å². The first kappa shape index (κ1) is 15.0. The van der Waals surface area contributed by atoms with E-state index in [2.05, 4.69) is 21.2 Å². The van der Waals surface area contributed by atoms with Gasteiger partial charge >= 0.3 is 5.97 Å². The van der Waals surface area contributed by atoms with Crippen LogP contribution in [-0.4, -0.2) is 25.5 Å². The second-order valence-corrected chi connectivity index (χ2v) is 5.97. The second kappa shape index (κ2) is 5.56. The number of hydrogen-bond acceptors (Lipinski definition) is 3. The third-order valence-electron chi connectivity index (χ3n) is 3.82. The van der Waals surface area contributed by atoms with E-state index in [1.807, 2.05) is 19.9 Å². The quantitative estimate of drug-likeness (QED) is 0.858. The van der Waals surface area contributed by atoms with Gasteiger partial charge in [0.05, 0.1) is 18.1 Å². The zero-order valence-corrected chi connectivity index (χ0v) is 13.5. The van der Waals surface area contributed by atoms with Crippen LogP contribution in [0.3, 0.4) is 0 Å². The molecular weight excluding hydrogens is 322 g/mol. The third kappa shape index (κ3) is 2.46. The molecular formula is C15H18BrNO3. The maximum Gasteiger partial charge on any atom is 0.338 e. The Labute approximate surface area is 127 Å². The number of hydrogen-bond donors (Lipinski definition) is 1. The molecule has 0 atom stereocenters. The van der Waals surface area contributed by atoms with Crippen molar-refractivity contribution in [2.75, 3.05) is 13.7 Å². The zero-order chi connectivity index (χ0) is 14.9. The number of nitrogens with one attached hydrogen (secondary N) is 1. The molecule has 1 amide bonds. The number of ether oxygens (including phenoxy) is 1. The minimum Gasteiger partial charge on any atom is -0.465 e. The summed E-state index contributed by atoms with van der Waals surface area (Å²) in [5.74, 6) is -0.339. The number of likely N-dealkylation sites (N-methyl/N-ethyl adjacent to an activating group) is 1. The number of amides is 1. The summed E-state index contributed by atoms with van der Waals surface area (Å²) in [6, 6.07) is 3.67. The highest BCUT2D eigenvalue weighted by Crippen LogP contribution is 2.50. The highest BCUT2D eigenvalue weighted by atomic mass is 79.9. The molecule has 1 N–H and O–H groups in total. The molecule has 1 fully saturated rings. The number of esters is 1. The van der Waals surface area contributed by atoms with Gasteiger partial charge in [0, 0.05) is 11.0 Å². The van der Waals surface area contributed by atoms with Crippen LogP contribution in [0.15, 0.2) is 16.6 Å².